The average Bonchev–Trinajstić information content (AvgIpc) is 3.07. The predicted molar refractivity (Wildman–Crippen MR) is 107 cm³/mol. The normalized spacial score (nSPS) is 12.9. The van der Waals surface area contributed by atoms with Crippen molar-refractivity contribution in [2.45, 2.75) is 0 Å². The number of nitrogens with zero attached hydrogens (tertiary/aromatic N) is 2. The van der Waals surface area contributed by atoms with E-state index in [1.807, 2.05) is 0 Å². The first kappa shape index (κ1) is 17.6. The lowest BCUT2D eigenvalue weighted by Gasteiger charge is -2.19. The smallest absolute Gasteiger partial charge is 0.260 e. The summed E-state index contributed by atoms with van der Waals surface area (Å²) in [7, 11) is 0. The molecule has 2 N–H and O–H groups in total. The van der Waals surface area contributed by atoms with E-state index >= 15 is 0 Å². The number of halogens is 2. The quantitative estimate of drug-likeness (QED) is 0.531. The molecule has 3 heterocycles. The number of H-pyrrole nitrogens is 1. The molecule has 5 rings (SSSR count). The zero-order valence-corrected chi connectivity index (χ0v) is 15.7. The van der Waals surface area contributed by atoms with Crippen LogP contribution in [0, 0.1) is 5.82 Å². The summed E-state index contributed by atoms with van der Waals surface area (Å²) in [5.41, 5.74) is 0.738. The topological polar surface area (TPSA) is 80.7 Å². The molecule has 4 aromatic rings. The molecule has 0 bridgehead atoms. The van der Waals surface area contributed by atoms with Gasteiger partial charge in [-0.25, -0.2) is 13.8 Å². The lowest BCUT2D eigenvalue weighted by Crippen LogP contribution is -2.16. The van der Waals surface area contributed by atoms with Gasteiger partial charge in [0.05, 0.1) is 16.3 Å². The monoisotopic (exact) mass is 412 g/mol. The molecule has 0 amide bonds. The number of imidazole rings is 1. The summed E-state index contributed by atoms with van der Waals surface area (Å²) in [5, 5.41) is 3.37. The molecule has 1 aliphatic rings. The van der Waals surface area contributed by atoms with Gasteiger partial charge in [0.25, 0.3) is 5.56 Å². The minimum Gasteiger partial charge on any atom is -0.486 e. The first-order valence-corrected chi connectivity index (χ1v) is 9.20. The van der Waals surface area contributed by atoms with Gasteiger partial charge in [0, 0.05) is 24.0 Å². The molecule has 0 spiro atoms. The van der Waals surface area contributed by atoms with Gasteiger partial charge in [-0.3, -0.25) is 4.79 Å². The van der Waals surface area contributed by atoms with Crippen molar-refractivity contribution in [2.24, 2.45) is 0 Å². The Hall–Kier alpha value is -3.52. The van der Waals surface area contributed by atoms with Gasteiger partial charge < -0.3 is 19.8 Å². The number of hydrogen-bond acceptors (Lipinski definition) is 5. The number of aromatic amines is 1. The van der Waals surface area contributed by atoms with Gasteiger partial charge in [-0.2, -0.15) is 0 Å². The molecule has 2 aromatic carbocycles. The number of benzene rings is 2. The first-order valence-electron chi connectivity index (χ1n) is 8.82. The van der Waals surface area contributed by atoms with Crippen molar-refractivity contribution in [3.05, 3.63) is 69.9 Å². The highest BCUT2D eigenvalue weighted by Gasteiger charge is 2.21. The van der Waals surface area contributed by atoms with Crippen LogP contribution in [0.25, 0.3) is 17.0 Å². The number of fused-ring (bicyclic) bond motifs is 2. The molecule has 0 unspecified atom stereocenters. The number of rotatable bonds is 3. The predicted octanol–water partition coefficient (Wildman–Crippen LogP) is 4.00. The molecule has 29 heavy (non-hydrogen) atoms. The van der Waals surface area contributed by atoms with Gasteiger partial charge in [-0.15, -0.1) is 0 Å². The van der Waals surface area contributed by atoms with Gasteiger partial charge in [0.15, 0.2) is 11.5 Å². The van der Waals surface area contributed by atoms with E-state index in [0.29, 0.717) is 41.9 Å². The van der Waals surface area contributed by atoms with Crippen molar-refractivity contribution in [2.75, 3.05) is 18.5 Å². The SMILES string of the molecule is O=c1ccnc2[nH]c(-c3c(F)cccc3Cl)c(Nc3ccc4c(c3)OCCO4)n12. The minimum absolute atomic E-state index is 0.138. The van der Waals surface area contributed by atoms with E-state index in [0.717, 1.165) is 0 Å². The molecule has 1 aliphatic heterocycles. The van der Waals surface area contributed by atoms with Crippen LogP contribution in [0.2, 0.25) is 5.02 Å². The zero-order valence-electron chi connectivity index (χ0n) is 14.9. The van der Waals surface area contributed by atoms with E-state index in [4.69, 9.17) is 21.1 Å². The number of anilines is 2. The van der Waals surface area contributed by atoms with Crippen LogP contribution in [0.3, 0.4) is 0 Å². The Labute approximate surface area is 168 Å². The van der Waals surface area contributed by atoms with E-state index in [-0.39, 0.29) is 21.9 Å². The molecule has 146 valence electrons. The first-order chi connectivity index (χ1) is 14.1. The third-order valence-corrected chi connectivity index (χ3v) is 4.88. The van der Waals surface area contributed by atoms with E-state index in [9.17, 15) is 9.18 Å². The summed E-state index contributed by atoms with van der Waals surface area (Å²) in [6.07, 6.45) is 1.38. The second kappa shape index (κ2) is 6.82. The molecule has 0 atom stereocenters. The second-order valence-electron chi connectivity index (χ2n) is 6.37. The molecule has 0 saturated heterocycles. The fraction of sp³-hybridized carbons (Fsp3) is 0.100. The van der Waals surface area contributed by atoms with Gasteiger partial charge in [0.2, 0.25) is 5.78 Å². The van der Waals surface area contributed by atoms with Crippen molar-refractivity contribution < 1.29 is 13.9 Å². The van der Waals surface area contributed by atoms with Crippen molar-refractivity contribution in [3.8, 4) is 22.8 Å². The summed E-state index contributed by atoms with van der Waals surface area (Å²) in [6, 6.07) is 11.0. The third-order valence-electron chi connectivity index (χ3n) is 4.56. The largest absolute Gasteiger partial charge is 0.486 e. The van der Waals surface area contributed by atoms with Crippen LogP contribution in [-0.2, 0) is 0 Å². The highest BCUT2D eigenvalue weighted by molar-refractivity contribution is 6.33. The zero-order chi connectivity index (χ0) is 20.0. The standard InChI is InChI=1S/C20H14ClFN4O3/c21-12-2-1-3-13(22)17(12)18-19(26-16(27)6-7-23-20(26)25-18)24-11-4-5-14-15(10-11)29-9-8-28-14/h1-7,10,24H,8-9H2,(H,23,25). The Morgan fingerprint density at radius 3 is 2.79 bits per heavy atom. The summed E-state index contributed by atoms with van der Waals surface area (Å²) >= 11 is 6.27. The maximum atomic E-state index is 14.6. The minimum atomic E-state index is -0.526. The van der Waals surface area contributed by atoms with E-state index in [1.165, 1.54) is 28.8 Å². The molecule has 0 fully saturated rings. The van der Waals surface area contributed by atoms with E-state index in [1.54, 1.807) is 24.3 Å². The highest BCUT2D eigenvalue weighted by atomic mass is 35.5. The van der Waals surface area contributed by atoms with Crippen molar-refractivity contribution in [3.63, 3.8) is 0 Å². The Balaban J connectivity index is 1.71. The van der Waals surface area contributed by atoms with E-state index in [2.05, 4.69) is 15.3 Å². The number of hydrogen-bond donors (Lipinski definition) is 2. The number of ether oxygens (including phenoxy) is 2. The lowest BCUT2D eigenvalue weighted by atomic mass is 10.1. The second-order valence-corrected chi connectivity index (χ2v) is 6.78. The molecule has 2 aromatic heterocycles. The Bertz CT molecular complexity index is 1280. The fourth-order valence-corrected chi connectivity index (χ4v) is 3.55. The highest BCUT2D eigenvalue weighted by Crippen LogP contribution is 2.38. The Morgan fingerprint density at radius 1 is 1.14 bits per heavy atom. The third kappa shape index (κ3) is 2.98. The van der Waals surface area contributed by atoms with Crippen LogP contribution in [-0.4, -0.2) is 27.6 Å². The van der Waals surface area contributed by atoms with Crippen molar-refractivity contribution in [1.29, 1.82) is 0 Å². The average molecular weight is 413 g/mol. The van der Waals surface area contributed by atoms with Gasteiger partial charge >= 0.3 is 0 Å². The van der Waals surface area contributed by atoms with Crippen LogP contribution < -0.4 is 20.3 Å². The number of aromatic nitrogens is 3. The molecule has 0 saturated carbocycles. The Morgan fingerprint density at radius 2 is 1.97 bits per heavy atom. The Kier molecular flexibility index (Phi) is 4.13. The molecule has 9 heteroatoms. The van der Waals surface area contributed by atoms with Crippen LogP contribution in [0.15, 0.2) is 53.5 Å². The maximum Gasteiger partial charge on any atom is 0.260 e. The van der Waals surface area contributed by atoms with Gasteiger partial charge in [0.1, 0.15) is 24.8 Å². The van der Waals surface area contributed by atoms with Crippen molar-refractivity contribution >= 4 is 28.9 Å². The molecule has 0 aliphatic carbocycles. The van der Waals surface area contributed by atoms with E-state index < -0.39 is 5.82 Å². The maximum absolute atomic E-state index is 14.6. The summed E-state index contributed by atoms with van der Waals surface area (Å²) in [4.78, 5) is 19.7. The van der Waals surface area contributed by atoms with Gasteiger partial charge in [-0.1, -0.05) is 17.7 Å². The van der Waals surface area contributed by atoms with Crippen LogP contribution in [0.1, 0.15) is 0 Å². The lowest BCUT2D eigenvalue weighted by molar-refractivity contribution is 0.171. The van der Waals surface area contributed by atoms with Gasteiger partial charge in [-0.05, 0) is 24.3 Å². The summed E-state index contributed by atoms with van der Waals surface area (Å²) in [5.74, 6) is 1.25. The van der Waals surface area contributed by atoms with Crippen LogP contribution in [0.4, 0.5) is 15.9 Å². The fourth-order valence-electron chi connectivity index (χ4n) is 3.29. The molecule has 0 radical (unpaired) electrons. The summed E-state index contributed by atoms with van der Waals surface area (Å²) < 4.78 is 27.1. The molecule has 7 nitrogen and oxygen atoms in total. The summed E-state index contributed by atoms with van der Waals surface area (Å²) in [6.45, 7) is 0.933. The molecular weight excluding hydrogens is 399 g/mol. The number of nitrogens with one attached hydrogen (secondary N) is 2. The van der Waals surface area contributed by atoms with Crippen LogP contribution in [0.5, 0.6) is 11.5 Å². The van der Waals surface area contributed by atoms with Crippen LogP contribution >= 0.6 is 11.6 Å². The molecular formula is C20H14ClFN4O3. The van der Waals surface area contributed by atoms with Crippen molar-refractivity contribution in [1.82, 2.24) is 14.4 Å².